The molecule has 4 aliphatic rings. The fourth-order valence-electron chi connectivity index (χ4n) is 5.25. The van der Waals surface area contributed by atoms with Gasteiger partial charge in [0.15, 0.2) is 5.11 Å². The fraction of sp³-hybridized carbons (Fsp3) is 0.556. The van der Waals surface area contributed by atoms with Gasteiger partial charge in [-0.3, -0.25) is 5.43 Å². The number of rotatable bonds is 3. The van der Waals surface area contributed by atoms with E-state index in [1.807, 2.05) is 24.3 Å². The molecule has 5 heteroatoms. The van der Waals surface area contributed by atoms with Gasteiger partial charge >= 0.3 is 0 Å². The standard InChI is InChI=1S/C18H22ClN3S/c19-16-3-1-12(2-4-16)11-20-22-17(23)21-18-8-13-5-14(9-18)7-15(6-13)10-18/h1-4,11,13-15H,5-10H2,(H2,21,22,23)/b20-11-. The molecule has 1 aromatic rings. The summed E-state index contributed by atoms with van der Waals surface area (Å²) in [4.78, 5) is 0. The van der Waals surface area contributed by atoms with Crippen LogP contribution in [0.25, 0.3) is 0 Å². The average molecular weight is 348 g/mol. The summed E-state index contributed by atoms with van der Waals surface area (Å²) < 4.78 is 0. The van der Waals surface area contributed by atoms with E-state index < -0.39 is 0 Å². The first-order chi connectivity index (χ1) is 11.1. The van der Waals surface area contributed by atoms with Crippen LogP contribution < -0.4 is 10.7 Å². The molecule has 0 radical (unpaired) electrons. The minimum absolute atomic E-state index is 0.231. The zero-order chi connectivity index (χ0) is 15.9. The van der Waals surface area contributed by atoms with E-state index in [1.165, 1.54) is 38.5 Å². The molecule has 2 N–H and O–H groups in total. The monoisotopic (exact) mass is 347 g/mol. The quantitative estimate of drug-likeness (QED) is 0.491. The van der Waals surface area contributed by atoms with Crippen LogP contribution in [0.1, 0.15) is 44.1 Å². The second kappa shape index (κ2) is 6.06. The smallest absolute Gasteiger partial charge is 0.187 e. The van der Waals surface area contributed by atoms with Gasteiger partial charge in [-0.2, -0.15) is 5.10 Å². The molecule has 0 amide bonds. The minimum Gasteiger partial charge on any atom is -0.356 e. The van der Waals surface area contributed by atoms with Crippen molar-refractivity contribution in [3.63, 3.8) is 0 Å². The van der Waals surface area contributed by atoms with Crippen molar-refractivity contribution in [1.82, 2.24) is 10.7 Å². The molecule has 4 bridgehead atoms. The van der Waals surface area contributed by atoms with Gasteiger partial charge in [0.2, 0.25) is 0 Å². The molecule has 3 nitrogen and oxygen atoms in total. The van der Waals surface area contributed by atoms with Crippen LogP contribution in [0.3, 0.4) is 0 Å². The maximum Gasteiger partial charge on any atom is 0.187 e. The summed E-state index contributed by atoms with van der Waals surface area (Å²) in [7, 11) is 0. The Kier molecular flexibility index (Phi) is 4.06. The highest BCUT2D eigenvalue weighted by atomic mass is 35.5. The van der Waals surface area contributed by atoms with Gasteiger partial charge in [-0.15, -0.1) is 0 Å². The summed E-state index contributed by atoms with van der Waals surface area (Å²) in [6, 6.07) is 7.58. The van der Waals surface area contributed by atoms with Crippen LogP contribution in [0.2, 0.25) is 5.02 Å². The summed E-state index contributed by atoms with van der Waals surface area (Å²) in [6.45, 7) is 0. The third-order valence-corrected chi connectivity index (χ3v) is 6.11. The minimum atomic E-state index is 0.231. The Morgan fingerprint density at radius 2 is 1.65 bits per heavy atom. The van der Waals surface area contributed by atoms with Crippen molar-refractivity contribution in [2.45, 2.75) is 44.1 Å². The van der Waals surface area contributed by atoms with E-state index in [9.17, 15) is 0 Å². The Morgan fingerprint density at radius 3 is 2.22 bits per heavy atom. The molecule has 0 atom stereocenters. The maximum atomic E-state index is 5.88. The summed E-state index contributed by atoms with van der Waals surface area (Å²) in [5.74, 6) is 2.73. The third-order valence-electron chi connectivity index (χ3n) is 5.67. The van der Waals surface area contributed by atoms with Gasteiger partial charge in [0.05, 0.1) is 6.21 Å². The van der Waals surface area contributed by atoms with Crippen LogP contribution in [0.4, 0.5) is 0 Å². The normalized spacial score (nSPS) is 34.7. The van der Waals surface area contributed by atoms with E-state index in [-0.39, 0.29) is 5.54 Å². The number of nitrogens with one attached hydrogen (secondary N) is 2. The highest BCUT2D eigenvalue weighted by molar-refractivity contribution is 7.80. The number of hydrazone groups is 1. The molecular formula is C18H22ClN3S. The van der Waals surface area contributed by atoms with Gasteiger partial charge in [0.1, 0.15) is 0 Å². The number of hydrogen-bond acceptors (Lipinski definition) is 2. The Bertz CT molecular complexity index is 590. The van der Waals surface area contributed by atoms with Crippen molar-refractivity contribution in [2.75, 3.05) is 0 Å². The van der Waals surface area contributed by atoms with Crippen molar-refractivity contribution in [3.05, 3.63) is 34.9 Å². The first-order valence-corrected chi connectivity index (χ1v) is 9.26. The lowest BCUT2D eigenvalue weighted by atomic mass is 9.53. The molecular weight excluding hydrogens is 326 g/mol. The maximum absolute atomic E-state index is 5.88. The largest absolute Gasteiger partial charge is 0.356 e. The van der Waals surface area contributed by atoms with Crippen LogP contribution in [0.15, 0.2) is 29.4 Å². The molecule has 4 aliphatic carbocycles. The van der Waals surface area contributed by atoms with Crippen LogP contribution in [0, 0.1) is 17.8 Å². The molecule has 0 aromatic heterocycles. The Labute approximate surface area is 147 Å². The molecule has 0 spiro atoms. The number of benzene rings is 1. The molecule has 4 fully saturated rings. The highest BCUT2D eigenvalue weighted by Gasteiger charge is 2.51. The van der Waals surface area contributed by atoms with E-state index in [2.05, 4.69) is 15.8 Å². The number of halogens is 1. The lowest BCUT2D eigenvalue weighted by molar-refractivity contribution is -0.0101. The molecule has 5 rings (SSSR count). The third kappa shape index (κ3) is 3.38. The SMILES string of the molecule is S=C(N/N=C\c1ccc(Cl)cc1)NC12CC3CC(CC(C3)C1)C2. The van der Waals surface area contributed by atoms with Gasteiger partial charge in [-0.05, 0) is 86.2 Å². The second-order valence-electron chi connectivity index (χ2n) is 7.57. The summed E-state index contributed by atoms with van der Waals surface area (Å²) in [5.41, 5.74) is 4.21. The Morgan fingerprint density at radius 1 is 1.09 bits per heavy atom. The average Bonchev–Trinajstić information content (AvgIpc) is 2.47. The van der Waals surface area contributed by atoms with Gasteiger partial charge in [0.25, 0.3) is 0 Å². The van der Waals surface area contributed by atoms with Crippen LogP contribution in [-0.2, 0) is 0 Å². The first-order valence-electron chi connectivity index (χ1n) is 8.47. The summed E-state index contributed by atoms with van der Waals surface area (Å²) in [6.07, 6.45) is 9.93. The predicted molar refractivity (Wildman–Crippen MR) is 98.8 cm³/mol. The van der Waals surface area contributed by atoms with Crippen molar-refractivity contribution in [1.29, 1.82) is 0 Å². The van der Waals surface area contributed by atoms with Gasteiger partial charge in [-0.25, -0.2) is 0 Å². The Balaban J connectivity index is 1.34. The van der Waals surface area contributed by atoms with Gasteiger partial charge < -0.3 is 5.32 Å². The van der Waals surface area contributed by atoms with Crippen LogP contribution in [0.5, 0.6) is 0 Å². The first kappa shape index (κ1) is 15.4. The topological polar surface area (TPSA) is 36.4 Å². The van der Waals surface area contributed by atoms with Crippen molar-refractivity contribution >= 4 is 35.1 Å². The van der Waals surface area contributed by atoms with Gasteiger partial charge in [0, 0.05) is 10.6 Å². The van der Waals surface area contributed by atoms with Gasteiger partial charge in [-0.1, -0.05) is 23.7 Å². The zero-order valence-electron chi connectivity index (χ0n) is 13.1. The number of thiocarbonyl (C=S) groups is 1. The second-order valence-corrected chi connectivity index (χ2v) is 8.42. The van der Waals surface area contributed by atoms with E-state index in [1.54, 1.807) is 6.21 Å². The fourth-order valence-corrected chi connectivity index (χ4v) is 5.64. The van der Waals surface area contributed by atoms with Crippen molar-refractivity contribution in [3.8, 4) is 0 Å². The predicted octanol–water partition coefficient (Wildman–Crippen LogP) is 4.11. The van der Waals surface area contributed by atoms with E-state index in [0.717, 1.165) is 28.3 Å². The van der Waals surface area contributed by atoms with E-state index >= 15 is 0 Å². The number of hydrogen-bond donors (Lipinski definition) is 2. The highest BCUT2D eigenvalue weighted by Crippen LogP contribution is 2.55. The molecule has 0 saturated heterocycles. The molecule has 0 unspecified atom stereocenters. The molecule has 0 aliphatic heterocycles. The molecule has 4 saturated carbocycles. The number of nitrogens with zero attached hydrogens (tertiary/aromatic N) is 1. The summed E-state index contributed by atoms with van der Waals surface area (Å²) >= 11 is 11.3. The molecule has 1 aromatic carbocycles. The molecule has 23 heavy (non-hydrogen) atoms. The van der Waals surface area contributed by atoms with Crippen molar-refractivity contribution in [2.24, 2.45) is 22.9 Å². The lowest BCUT2D eigenvalue weighted by Gasteiger charge is -2.57. The Hall–Kier alpha value is -1.13. The lowest BCUT2D eigenvalue weighted by Crippen LogP contribution is -2.61. The van der Waals surface area contributed by atoms with E-state index in [0.29, 0.717) is 5.11 Å². The molecule has 122 valence electrons. The zero-order valence-corrected chi connectivity index (χ0v) is 14.7. The molecule has 0 heterocycles. The summed E-state index contributed by atoms with van der Waals surface area (Å²) in [5, 5.41) is 9.23. The van der Waals surface area contributed by atoms with Crippen LogP contribution in [-0.4, -0.2) is 16.9 Å². The van der Waals surface area contributed by atoms with Crippen molar-refractivity contribution < 1.29 is 0 Å². The van der Waals surface area contributed by atoms with E-state index in [4.69, 9.17) is 23.8 Å². The van der Waals surface area contributed by atoms with Crippen LogP contribution >= 0.6 is 23.8 Å².